The predicted molar refractivity (Wildman–Crippen MR) is 63.7 cm³/mol. The van der Waals surface area contributed by atoms with E-state index < -0.39 is 0 Å². The molecule has 3 heterocycles. The molecule has 17 heavy (non-hydrogen) atoms. The number of carbonyl (C=O) groups excluding carboxylic acids is 1. The molecule has 0 saturated carbocycles. The lowest BCUT2D eigenvalue weighted by atomic mass is 10.1. The molecule has 0 aromatic carbocycles. The number of rotatable bonds is 1. The average Bonchev–Trinajstić information content (AvgIpc) is 2.95. The fraction of sp³-hybridized carbons (Fsp3) is 0.667. The number of fused-ring (bicyclic) bond motifs is 1. The van der Waals surface area contributed by atoms with Crippen molar-refractivity contribution < 1.29 is 4.79 Å². The molecule has 0 radical (unpaired) electrons. The lowest BCUT2D eigenvalue weighted by molar-refractivity contribution is 0.0565. The largest absolute Gasteiger partial charge is 0.334 e. The number of aryl methyl sites for hydroxylation is 1. The molecule has 2 fully saturated rings. The molecule has 3 rings (SSSR count). The van der Waals surface area contributed by atoms with Crippen molar-refractivity contribution in [3.05, 3.63) is 18.0 Å². The highest BCUT2D eigenvalue weighted by Gasteiger charge is 2.33. The standard InChI is InChI=1S/C12H18N4O/c1-14-6-4-11(13-14)12(17)16-8-7-15-5-2-3-10(15)9-16/h4,6,10H,2-3,5,7-9H2,1H3. The monoisotopic (exact) mass is 234 g/mol. The van der Waals surface area contributed by atoms with Gasteiger partial charge in [0.2, 0.25) is 0 Å². The molecule has 1 atom stereocenters. The van der Waals surface area contributed by atoms with Crippen LogP contribution in [0.25, 0.3) is 0 Å². The highest BCUT2D eigenvalue weighted by Crippen LogP contribution is 2.22. The molecule has 1 aromatic rings. The van der Waals surface area contributed by atoms with E-state index in [9.17, 15) is 4.79 Å². The molecule has 5 nitrogen and oxygen atoms in total. The molecule has 1 unspecified atom stereocenters. The maximum absolute atomic E-state index is 12.2. The number of piperazine rings is 1. The van der Waals surface area contributed by atoms with Gasteiger partial charge in [-0.25, -0.2) is 0 Å². The lowest BCUT2D eigenvalue weighted by Crippen LogP contribution is -2.52. The summed E-state index contributed by atoms with van der Waals surface area (Å²) >= 11 is 0. The molecule has 2 aliphatic rings. The molecule has 2 aliphatic heterocycles. The summed E-state index contributed by atoms with van der Waals surface area (Å²) < 4.78 is 1.68. The molecule has 92 valence electrons. The van der Waals surface area contributed by atoms with Gasteiger partial charge in [-0.15, -0.1) is 0 Å². The molecule has 5 heteroatoms. The van der Waals surface area contributed by atoms with Gasteiger partial charge in [-0.2, -0.15) is 5.10 Å². The Morgan fingerprint density at radius 1 is 1.41 bits per heavy atom. The van der Waals surface area contributed by atoms with Crippen LogP contribution >= 0.6 is 0 Å². The summed E-state index contributed by atoms with van der Waals surface area (Å²) in [5, 5.41) is 4.18. The second-order valence-electron chi connectivity index (χ2n) is 4.96. The van der Waals surface area contributed by atoms with Crippen molar-refractivity contribution in [2.24, 2.45) is 7.05 Å². The first-order valence-corrected chi connectivity index (χ1v) is 6.27. The van der Waals surface area contributed by atoms with E-state index in [1.54, 1.807) is 10.7 Å². The molecule has 0 aliphatic carbocycles. The second kappa shape index (κ2) is 4.14. The zero-order valence-corrected chi connectivity index (χ0v) is 10.2. The van der Waals surface area contributed by atoms with Crippen molar-refractivity contribution in [1.82, 2.24) is 19.6 Å². The van der Waals surface area contributed by atoms with Crippen molar-refractivity contribution in [3.63, 3.8) is 0 Å². The number of nitrogens with zero attached hydrogens (tertiary/aromatic N) is 4. The minimum Gasteiger partial charge on any atom is -0.334 e. The van der Waals surface area contributed by atoms with Crippen LogP contribution in [0.5, 0.6) is 0 Å². The molecule has 0 bridgehead atoms. The van der Waals surface area contributed by atoms with Crippen LogP contribution in [0.1, 0.15) is 23.3 Å². The van der Waals surface area contributed by atoms with Crippen LogP contribution in [0.2, 0.25) is 0 Å². The number of carbonyl (C=O) groups is 1. The zero-order valence-electron chi connectivity index (χ0n) is 10.2. The Morgan fingerprint density at radius 3 is 3.06 bits per heavy atom. The van der Waals surface area contributed by atoms with Gasteiger partial charge in [-0.3, -0.25) is 14.4 Å². The van der Waals surface area contributed by atoms with Crippen molar-refractivity contribution in [3.8, 4) is 0 Å². The van der Waals surface area contributed by atoms with Gasteiger partial charge in [0.1, 0.15) is 5.69 Å². The summed E-state index contributed by atoms with van der Waals surface area (Å²) in [5.41, 5.74) is 0.568. The summed E-state index contributed by atoms with van der Waals surface area (Å²) in [5.74, 6) is 0.0807. The van der Waals surface area contributed by atoms with Crippen LogP contribution in [0.15, 0.2) is 12.3 Å². The van der Waals surface area contributed by atoms with Gasteiger partial charge in [-0.1, -0.05) is 0 Å². The van der Waals surface area contributed by atoms with Crippen LogP contribution in [-0.4, -0.2) is 57.7 Å². The fourth-order valence-corrected chi connectivity index (χ4v) is 2.87. The molecule has 1 aromatic heterocycles. The van der Waals surface area contributed by atoms with E-state index in [0.29, 0.717) is 11.7 Å². The van der Waals surface area contributed by atoms with E-state index in [-0.39, 0.29) is 5.91 Å². The van der Waals surface area contributed by atoms with Gasteiger partial charge in [0, 0.05) is 38.9 Å². The maximum atomic E-state index is 12.2. The summed E-state index contributed by atoms with van der Waals surface area (Å²) in [6.45, 7) is 3.93. The average molecular weight is 234 g/mol. The van der Waals surface area contributed by atoms with Crippen LogP contribution in [0.3, 0.4) is 0 Å². The number of hydrogen-bond acceptors (Lipinski definition) is 3. The first-order chi connectivity index (χ1) is 8.24. The van der Waals surface area contributed by atoms with Gasteiger partial charge in [0.05, 0.1) is 0 Å². The Morgan fingerprint density at radius 2 is 2.29 bits per heavy atom. The van der Waals surface area contributed by atoms with E-state index >= 15 is 0 Å². The summed E-state index contributed by atoms with van der Waals surface area (Å²) in [6, 6.07) is 2.38. The third-order valence-corrected chi connectivity index (χ3v) is 3.81. The van der Waals surface area contributed by atoms with Crippen LogP contribution in [0.4, 0.5) is 0 Å². The summed E-state index contributed by atoms with van der Waals surface area (Å²) in [7, 11) is 1.84. The smallest absolute Gasteiger partial charge is 0.274 e. The number of aromatic nitrogens is 2. The normalized spacial score (nSPS) is 25.0. The minimum atomic E-state index is 0.0807. The zero-order chi connectivity index (χ0) is 11.8. The summed E-state index contributed by atoms with van der Waals surface area (Å²) in [4.78, 5) is 16.7. The lowest BCUT2D eigenvalue weighted by Gasteiger charge is -2.37. The third kappa shape index (κ3) is 1.95. The Hall–Kier alpha value is -1.36. The van der Waals surface area contributed by atoms with Crippen molar-refractivity contribution in [2.75, 3.05) is 26.2 Å². The van der Waals surface area contributed by atoms with Crippen LogP contribution < -0.4 is 0 Å². The predicted octanol–water partition coefficient (Wildman–Crippen LogP) is 0.340. The van der Waals surface area contributed by atoms with E-state index in [4.69, 9.17) is 0 Å². The maximum Gasteiger partial charge on any atom is 0.274 e. The van der Waals surface area contributed by atoms with Gasteiger partial charge in [-0.05, 0) is 25.5 Å². The highest BCUT2D eigenvalue weighted by molar-refractivity contribution is 5.92. The SMILES string of the molecule is Cn1ccc(C(=O)N2CCN3CCCC3C2)n1. The molecule has 2 saturated heterocycles. The Labute approximate surface area is 101 Å². The fourth-order valence-electron chi connectivity index (χ4n) is 2.87. The van der Waals surface area contributed by atoms with E-state index in [0.717, 1.165) is 19.6 Å². The van der Waals surface area contributed by atoms with Crippen molar-refractivity contribution in [1.29, 1.82) is 0 Å². The minimum absolute atomic E-state index is 0.0807. The number of hydrogen-bond donors (Lipinski definition) is 0. The first kappa shape index (κ1) is 10.8. The van der Waals surface area contributed by atoms with E-state index in [2.05, 4.69) is 10.00 Å². The Bertz CT molecular complexity index is 428. The van der Waals surface area contributed by atoms with Crippen molar-refractivity contribution >= 4 is 5.91 Å². The van der Waals surface area contributed by atoms with Crippen molar-refractivity contribution in [2.45, 2.75) is 18.9 Å². The first-order valence-electron chi connectivity index (χ1n) is 6.27. The quantitative estimate of drug-likeness (QED) is 0.703. The Balaban J connectivity index is 1.70. The van der Waals surface area contributed by atoms with Gasteiger partial charge in [0.25, 0.3) is 5.91 Å². The van der Waals surface area contributed by atoms with Gasteiger partial charge < -0.3 is 4.90 Å². The molecular weight excluding hydrogens is 216 g/mol. The second-order valence-corrected chi connectivity index (χ2v) is 4.96. The van der Waals surface area contributed by atoms with Gasteiger partial charge in [0.15, 0.2) is 0 Å². The number of amides is 1. The molecule has 0 N–H and O–H groups in total. The van der Waals surface area contributed by atoms with Crippen LogP contribution in [0, 0.1) is 0 Å². The topological polar surface area (TPSA) is 41.4 Å². The molecular formula is C12H18N4O. The Kier molecular flexibility index (Phi) is 2.63. The summed E-state index contributed by atoms with van der Waals surface area (Å²) in [6.07, 6.45) is 4.32. The molecule has 1 amide bonds. The van der Waals surface area contributed by atoms with E-state index in [1.807, 2.05) is 18.1 Å². The molecule has 0 spiro atoms. The van der Waals surface area contributed by atoms with E-state index in [1.165, 1.54) is 19.4 Å². The van der Waals surface area contributed by atoms with Gasteiger partial charge >= 0.3 is 0 Å². The highest BCUT2D eigenvalue weighted by atomic mass is 16.2. The third-order valence-electron chi connectivity index (χ3n) is 3.81. The van der Waals surface area contributed by atoms with Crippen LogP contribution in [-0.2, 0) is 7.05 Å².